The minimum absolute atomic E-state index is 0.128. The van der Waals surface area contributed by atoms with Gasteiger partial charge in [-0.3, -0.25) is 0 Å². The molecular formula is C19H26N2O5. The second-order valence-corrected chi connectivity index (χ2v) is 7.24. The van der Waals surface area contributed by atoms with Crippen LogP contribution in [0.1, 0.15) is 39.2 Å². The number of ether oxygens (including phenoxy) is 2. The average Bonchev–Trinajstić information content (AvgIpc) is 2.95. The first-order chi connectivity index (χ1) is 12.3. The highest BCUT2D eigenvalue weighted by molar-refractivity contribution is 5.71. The van der Waals surface area contributed by atoms with Crippen LogP contribution in [0.15, 0.2) is 30.3 Å². The predicted octanol–water partition coefficient (Wildman–Crippen LogP) is 2.88. The van der Waals surface area contributed by atoms with E-state index in [0.717, 1.165) is 11.8 Å². The Labute approximate surface area is 153 Å². The Balaban J connectivity index is 1.92. The molecule has 2 amide bonds. The van der Waals surface area contributed by atoms with Crippen molar-refractivity contribution >= 4 is 18.5 Å². The first-order valence-electron chi connectivity index (χ1n) is 8.70. The topological polar surface area (TPSA) is 84.9 Å². The summed E-state index contributed by atoms with van der Waals surface area (Å²) >= 11 is 0. The minimum Gasteiger partial charge on any atom is -0.445 e. The minimum atomic E-state index is -0.622. The number of likely N-dealkylation sites (tertiary alicyclic amines) is 1. The van der Waals surface area contributed by atoms with Gasteiger partial charge in [0, 0.05) is 13.0 Å². The summed E-state index contributed by atoms with van der Waals surface area (Å²) in [6, 6.07) is 8.56. The van der Waals surface area contributed by atoms with E-state index in [1.807, 2.05) is 30.3 Å². The molecule has 1 saturated heterocycles. The lowest BCUT2D eigenvalue weighted by molar-refractivity contribution is -0.108. The monoisotopic (exact) mass is 362 g/mol. The van der Waals surface area contributed by atoms with E-state index in [4.69, 9.17) is 9.47 Å². The third kappa shape index (κ3) is 5.75. The highest BCUT2D eigenvalue weighted by Gasteiger charge is 2.39. The zero-order valence-electron chi connectivity index (χ0n) is 15.4. The summed E-state index contributed by atoms with van der Waals surface area (Å²) < 4.78 is 10.6. The zero-order chi connectivity index (χ0) is 19.2. The van der Waals surface area contributed by atoms with Crippen LogP contribution in [-0.2, 0) is 20.9 Å². The van der Waals surface area contributed by atoms with E-state index >= 15 is 0 Å². The number of alkyl carbamates (subject to hydrolysis) is 1. The van der Waals surface area contributed by atoms with Gasteiger partial charge in [-0.2, -0.15) is 0 Å². The van der Waals surface area contributed by atoms with Gasteiger partial charge in [-0.25, -0.2) is 9.59 Å². The van der Waals surface area contributed by atoms with Gasteiger partial charge in [-0.1, -0.05) is 30.3 Å². The summed E-state index contributed by atoms with van der Waals surface area (Å²) in [5.74, 6) is 0. The predicted molar refractivity (Wildman–Crippen MR) is 95.6 cm³/mol. The molecule has 0 spiro atoms. The van der Waals surface area contributed by atoms with Crippen LogP contribution in [0.4, 0.5) is 9.59 Å². The van der Waals surface area contributed by atoms with E-state index in [2.05, 4.69) is 5.32 Å². The number of nitrogens with zero attached hydrogens (tertiary/aromatic N) is 1. The van der Waals surface area contributed by atoms with Gasteiger partial charge in [-0.15, -0.1) is 0 Å². The summed E-state index contributed by atoms with van der Waals surface area (Å²) in [7, 11) is 0. The highest BCUT2D eigenvalue weighted by Crippen LogP contribution is 2.23. The maximum absolute atomic E-state index is 12.3. The third-order valence-electron chi connectivity index (χ3n) is 4.03. The Morgan fingerprint density at radius 2 is 1.96 bits per heavy atom. The fourth-order valence-electron chi connectivity index (χ4n) is 2.88. The van der Waals surface area contributed by atoms with Crippen molar-refractivity contribution in [3.63, 3.8) is 0 Å². The standard InChI is InChI=1S/C19H26N2O5/c1-19(2,3)26-18(24)21-11-9-15(16(21)10-12-22)20-17(23)25-13-14-7-5-4-6-8-14/h4-8,12,15-16H,9-11,13H2,1-3H3,(H,20,23)/t15-,16+/m0/s1. The average molecular weight is 362 g/mol. The molecule has 1 aliphatic heterocycles. The van der Waals surface area contributed by atoms with Crippen molar-refractivity contribution in [2.45, 2.75) is 57.9 Å². The van der Waals surface area contributed by atoms with Gasteiger partial charge >= 0.3 is 12.2 Å². The van der Waals surface area contributed by atoms with Crippen LogP contribution < -0.4 is 5.32 Å². The van der Waals surface area contributed by atoms with Crippen LogP contribution in [0.5, 0.6) is 0 Å². The molecule has 0 bridgehead atoms. The molecule has 7 heteroatoms. The number of hydrogen-bond donors (Lipinski definition) is 1. The van der Waals surface area contributed by atoms with Gasteiger partial charge in [0.1, 0.15) is 18.5 Å². The Morgan fingerprint density at radius 3 is 2.58 bits per heavy atom. The number of carbonyl (C=O) groups excluding carboxylic acids is 3. The van der Waals surface area contributed by atoms with Crippen molar-refractivity contribution in [3.8, 4) is 0 Å². The Hall–Kier alpha value is -2.57. The molecule has 2 atom stereocenters. The largest absolute Gasteiger partial charge is 0.445 e. The first kappa shape index (κ1) is 19.8. The second kappa shape index (κ2) is 8.69. The molecule has 2 rings (SSSR count). The van der Waals surface area contributed by atoms with E-state index < -0.39 is 23.8 Å². The summed E-state index contributed by atoms with van der Waals surface area (Å²) in [4.78, 5) is 36.9. The van der Waals surface area contributed by atoms with Crippen LogP contribution in [-0.4, -0.2) is 47.6 Å². The van der Waals surface area contributed by atoms with Crippen molar-refractivity contribution in [1.29, 1.82) is 0 Å². The second-order valence-electron chi connectivity index (χ2n) is 7.24. The molecule has 1 fully saturated rings. The van der Waals surface area contributed by atoms with E-state index in [1.165, 1.54) is 4.90 Å². The molecule has 0 aromatic heterocycles. The Kier molecular flexibility index (Phi) is 6.60. The van der Waals surface area contributed by atoms with Gasteiger partial charge in [0.25, 0.3) is 0 Å². The van der Waals surface area contributed by atoms with Crippen LogP contribution in [0.3, 0.4) is 0 Å². The van der Waals surface area contributed by atoms with Crippen molar-refractivity contribution < 1.29 is 23.9 Å². The third-order valence-corrected chi connectivity index (χ3v) is 4.03. The molecule has 0 unspecified atom stereocenters. The van der Waals surface area contributed by atoms with Crippen molar-refractivity contribution in [2.75, 3.05) is 6.54 Å². The Morgan fingerprint density at radius 1 is 1.27 bits per heavy atom. The fraction of sp³-hybridized carbons (Fsp3) is 0.526. The van der Waals surface area contributed by atoms with Gasteiger partial charge in [0.15, 0.2) is 0 Å². The van der Waals surface area contributed by atoms with Gasteiger partial charge < -0.3 is 24.5 Å². The smallest absolute Gasteiger partial charge is 0.410 e. The first-order valence-corrected chi connectivity index (χ1v) is 8.70. The number of benzene rings is 1. The number of nitrogens with one attached hydrogen (secondary N) is 1. The summed E-state index contributed by atoms with van der Waals surface area (Å²) in [5.41, 5.74) is 0.261. The molecule has 1 aromatic rings. The van der Waals surface area contributed by atoms with Crippen LogP contribution in [0.25, 0.3) is 0 Å². The number of carbonyl (C=O) groups is 3. The van der Waals surface area contributed by atoms with E-state index in [1.54, 1.807) is 20.8 Å². The van der Waals surface area contributed by atoms with Crippen LogP contribution in [0.2, 0.25) is 0 Å². The number of amides is 2. The quantitative estimate of drug-likeness (QED) is 0.814. The molecule has 7 nitrogen and oxygen atoms in total. The molecule has 0 radical (unpaired) electrons. The number of rotatable bonds is 5. The number of aldehydes is 1. The molecule has 0 saturated carbocycles. The molecule has 1 aliphatic rings. The molecule has 1 aromatic carbocycles. The lowest BCUT2D eigenvalue weighted by atomic mass is 10.1. The van der Waals surface area contributed by atoms with Crippen LogP contribution in [0, 0.1) is 0 Å². The maximum atomic E-state index is 12.3. The molecule has 1 N–H and O–H groups in total. The summed E-state index contributed by atoms with van der Waals surface area (Å²) in [5, 5.41) is 2.76. The number of hydrogen-bond acceptors (Lipinski definition) is 5. The molecule has 1 heterocycles. The molecule has 142 valence electrons. The van der Waals surface area contributed by atoms with Crippen molar-refractivity contribution in [1.82, 2.24) is 10.2 Å². The van der Waals surface area contributed by atoms with Gasteiger partial charge in [0.2, 0.25) is 0 Å². The van der Waals surface area contributed by atoms with Gasteiger partial charge in [0.05, 0.1) is 12.1 Å². The maximum Gasteiger partial charge on any atom is 0.410 e. The van der Waals surface area contributed by atoms with E-state index in [0.29, 0.717) is 13.0 Å². The van der Waals surface area contributed by atoms with E-state index in [9.17, 15) is 14.4 Å². The van der Waals surface area contributed by atoms with Crippen molar-refractivity contribution in [2.24, 2.45) is 0 Å². The zero-order valence-corrected chi connectivity index (χ0v) is 15.4. The SMILES string of the molecule is CC(C)(C)OC(=O)N1CC[C@H](NC(=O)OCc2ccccc2)[C@H]1CC=O. The normalized spacial score (nSPS) is 19.7. The molecule has 0 aliphatic carbocycles. The van der Waals surface area contributed by atoms with Gasteiger partial charge in [-0.05, 0) is 32.8 Å². The lowest BCUT2D eigenvalue weighted by Crippen LogP contribution is -2.48. The van der Waals surface area contributed by atoms with Crippen molar-refractivity contribution in [3.05, 3.63) is 35.9 Å². The van der Waals surface area contributed by atoms with Crippen LogP contribution >= 0.6 is 0 Å². The Bertz CT molecular complexity index is 627. The fourth-order valence-corrected chi connectivity index (χ4v) is 2.88. The molecule has 26 heavy (non-hydrogen) atoms. The molecular weight excluding hydrogens is 336 g/mol. The summed E-state index contributed by atoms with van der Waals surface area (Å²) in [6.07, 6.45) is 0.366. The summed E-state index contributed by atoms with van der Waals surface area (Å²) in [6.45, 7) is 5.93. The lowest BCUT2D eigenvalue weighted by Gasteiger charge is -2.29. The van der Waals surface area contributed by atoms with E-state index in [-0.39, 0.29) is 19.1 Å². The highest BCUT2D eigenvalue weighted by atomic mass is 16.6.